The van der Waals surface area contributed by atoms with Crippen LogP contribution in [0.5, 0.6) is 0 Å². The maximum atomic E-state index is 5.74. The molecule has 1 fully saturated rings. The second-order valence-electron chi connectivity index (χ2n) is 8.63. The lowest BCUT2D eigenvalue weighted by atomic mass is 10.0. The fraction of sp³-hybridized carbons (Fsp3) is 0.320. The van der Waals surface area contributed by atoms with E-state index in [1.54, 1.807) is 24.2 Å². The summed E-state index contributed by atoms with van der Waals surface area (Å²) in [4.78, 5) is 19.7. The van der Waals surface area contributed by atoms with E-state index in [4.69, 9.17) is 15.2 Å². The zero-order chi connectivity index (χ0) is 25.1. The molecule has 36 heavy (non-hydrogen) atoms. The molecule has 0 atom stereocenters. The van der Waals surface area contributed by atoms with Crippen LogP contribution in [-0.2, 0) is 16.5 Å². The number of nitrogens with zero attached hydrogens (tertiary/aromatic N) is 7. The molecule has 11 heteroatoms. The third-order valence-corrected chi connectivity index (χ3v) is 6.01. The van der Waals surface area contributed by atoms with Gasteiger partial charge in [0.1, 0.15) is 5.82 Å². The zero-order valence-electron chi connectivity index (χ0n) is 20.5. The Hall–Kier alpha value is -4.09. The minimum absolute atomic E-state index is 0.226. The summed E-state index contributed by atoms with van der Waals surface area (Å²) in [6, 6.07) is 11.8. The van der Waals surface area contributed by atoms with E-state index in [0.717, 1.165) is 47.0 Å². The minimum Gasteiger partial charge on any atom is -0.382 e. The average molecular weight is 488 g/mol. The largest absolute Gasteiger partial charge is 0.382 e. The van der Waals surface area contributed by atoms with Gasteiger partial charge in [0, 0.05) is 56.5 Å². The lowest BCUT2D eigenvalue weighted by Crippen LogP contribution is -2.53. The predicted octanol–water partition coefficient (Wildman–Crippen LogP) is 2.82. The maximum Gasteiger partial charge on any atom is 0.225 e. The summed E-state index contributed by atoms with van der Waals surface area (Å²) >= 11 is 0. The SMILES string of the molecule is COCCOC1CN(c2ccc(-c3nc(Nc4ccc(-c5ccnc(N)n5)c(C)c4)n(C)n3)cn2)C1. The Kier molecular flexibility index (Phi) is 6.74. The van der Waals surface area contributed by atoms with Crippen LogP contribution in [0.1, 0.15) is 5.56 Å². The molecule has 0 aliphatic carbocycles. The standard InChI is InChI=1S/C25H29N9O2/c1-16-12-18(5-6-20(16)21-8-9-27-24(26)30-21)29-25-31-23(32-33(25)2)17-4-7-22(28-13-17)34-14-19(15-34)36-11-10-35-3/h4-9,12-13,19H,10-11,14-15H2,1-3H3,(H2,26,27,30)(H,29,31,32). The highest BCUT2D eigenvalue weighted by Crippen LogP contribution is 2.27. The van der Waals surface area contributed by atoms with E-state index in [2.05, 4.69) is 35.3 Å². The molecule has 11 nitrogen and oxygen atoms in total. The highest BCUT2D eigenvalue weighted by atomic mass is 16.5. The summed E-state index contributed by atoms with van der Waals surface area (Å²) in [5.74, 6) is 2.41. The second kappa shape index (κ2) is 10.3. The van der Waals surface area contributed by atoms with Crippen molar-refractivity contribution in [1.82, 2.24) is 29.7 Å². The molecule has 1 aliphatic rings. The van der Waals surface area contributed by atoms with Crippen LogP contribution in [0.3, 0.4) is 0 Å². The molecular weight excluding hydrogens is 458 g/mol. The van der Waals surface area contributed by atoms with Gasteiger partial charge in [-0.25, -0.2) is 19.6 Å². The number of pyridine rings is 1. The van der Waals surface area contributed by atoms with Gasteiger partial charge in [-0.1, -0.05) is 6.07 Å². The van der Waals surface area contributed by atoms with Crippen LogP contribution in [0.15, 0.2) is 48.8 Å². The number of rotatable bonds is 9. The number of hydrogen-bond acceptors (Lipinski definition) is 10. The molecule has 0 bridgehead atoms. The topological polar surface area (TPSA) is 129 Å². The first-order valence-electron chi connectivity index (χ1n) is 11.7. The quantitative estimate of drug-likeness (QED) is 0.340. The highest BCUT2D eigenvalue weighted by Gasteiger charge is 2.28. The van der Waals surface area contributed by atoms with Crippen LogP contribution >= 0.6 is 0 Å². The lowest BCUT2D eigenvalue weighted by Gasteiger charge is -2.39. The highest BCUT2D eigenvalue weighted by molar-refractivity contribution is 5.69. The number of aromatic nitrogens is 6. The van der Waals surface area contributed by atoms with Gasteiger partial charge < -0.3 is 25.4 Å². The van der Waals surface area contributed by atoms with Crippen molar-refractivity contribution < 1.29 is 9.47 Å². The Bertz CT molecular complexity index is 1330. The van der Waals surface area contributed by atoms with E-state index < -0.39 is 0 Å². The maximum absolute atomic E-state index is 5.74. The molecule has 186 valence electrons. The predicted molar refractivity (Wildman–Crippen MR) is 138 cm³/mol. The van der Waals surface area contributed by atoms with Gasteiger partial charge in [0.05, 0.1) is 25.0 Å². The second-order valence-corrected chi connectivity index (χ2v) is 8.63. The van der Waals surface area contributed by atoms with Crippen molar-refractivity contribution in [1.29, 1.82) is 0 Å². The molecule has 0 unspecified atom stereocenters. The van der Waals surface area contributed by atoms with Gasteiger partial charge in [0.25, 0.3) is 0 Å². The van der Waals surface area contributed by atoms with Crippen LogP contribution < -0.4 is 16.0 Å². The van der Waals surface area contributed by atoms with Gasteiger partial charge in [0.2, 0.25) is 11.9 Å². The number of nitrogens with two attached hydrogens (primary N) is 1. The van der Waals surface area contributed by atoms with Gasteiger partial charge in [-0.15, -0.1) is 5.10 Å². The van der Waals surface area contributed by atoms with Crippen LogP contribution in [0.4, 0.5) is 23.4 Å². The molecule has 5 rings (SSSR count). The van der Waals surface area contributed by atoms with E-state index in [-0.39, 0.29) is 12.1 Å². The van der Waals surface area contributed by atoms with Gasteiger partial charge >= 0.3 is 0 Å². The zero-order valence-corrected chi connectivity index (χ0v) is 20.5. The molecule has 0 amide bonds. The monoisotopic (exact) mass is 487 g/mol. The molecule has 0 spiro atoms. The normalized spacial score (nSPS) is 13.6. The molecule has 4 aromatic rings. The Morgan fingerprint density at radius 1 is 1.08 bits per heavy atom. The molecule has 1 saturated heterocycles. The molecule has 3 N–H and O–H groups in total. The Balaban J connectivity index is 1.24. The van der Waals surface area contributed by atoms with Crippen molar-refractivity contribution >= 4 is 23.4 Å². The van der Waals surface area contributed by atoms with Crippen molar-refractivity contribution in [2.45, 2.75) is 13.0 Å². The fourth-order valence-corrected chi connectivity index (χ4v) is 4.03. The Labute approximate surface area is 209 Å². The number of anilines is 4. The summed E-state index contributed by atoms with van der Waals surface area (Å²) in [5.41, 5.74) is 10.3. The summed E-state index contributed by atoms with van der Waals surface area (Å²) in [6.07, 6.45) is 3.69. The number of benzene rings is 1. The van der Waals surface area contributed by atoms with Gasteiger partial charge in [-0.05, 0) is 42.8 Å². The molecule has 1 aromatic carbocycles. The van der Waals surface area contributed by atoms with Crippen LogP contribution in [0.2, 0.25) is 0 Å². The summed E-state index contributed by atoms with van der Waals surface area (Å²) in [6.45, 7) is 4.91. The van der Waals surface area contributed by atoms with Gasteiger partial charge in [-0.2, -0.15) is 4.98 Å². The van der Waals surface area contributed by atoms with Crippen molar-refractivity contribution in [3.8, 4) is 22.6 Å². The fourth-order valence-electron chi connectivity index (χ4n) is 4.03. The summed E-state index contributed by atoms with van der Waals surface area (Å²) in [5, 5.41) is 7.91. The minimum atomic E-state index is 0.226. The first-order chi connectivity index (χ1) is 17.5. The number of ether oxygens (including phenoxy) is 2. The molecular formula is C25H29N9O2. The molecule has 4 heterocycles. The average Bonchev–Trinajstić information content (AvgIpc) is 3.21. The first kappa shape index (κ1) is 23.6. The summed E-state index contributed by atoms with van der Waals surface area (Å²) < 4.78 is 12.5. The number of nitrogens with one attached hydrogen (secondary N) is 1. The van der Waals surface area contributed by atoms with E-state index in [1.165, 1.54) is 0 Å². The number of aryl methyl sites for hydroxylation is 2. The summed E-state index contributed by atoms with van der Waals surface area (Å²) in [7, 11) is 3.53. The lowest BCUT2D eigenvalue weighted by molar-refractivity contribution is 0.00376. The first-order valence-corrected chi connectivity index (χ1v) is 11.7. The third-order valence-electron chi connectivity index (χ3n) is 6.01. The van der Waals surface area contributed by atoms with Crippen molar-refractivity contribution in [2.75, 3.05) is 49.4 Å². The van der Waals surface area contributed by atoms with E-state index in [1.807, 2.05) is 50.4 Å². The smallest absolute Gasteiger partial charge is 0.225 e. The van der Waals surface area contributed by atoms with Gasteiger partial charge in [0.15, 0.2) is 5.82 Å². The van der Waals surface area contributed by atoms with Crippen LogP contribution in [0, 0.1) is 6.92 Å². The molecule has 3 aromatic heterocycles. The van der Waals surface area contributed by atoms with Crippen molar-refractivity contribution in [3.05, 3.63) is 54.4 Å². The number of methoxy groups -OCH3 is 1. The number of hydrogen-bond donors (Lipinski definition) is 2. The van der Waals surface area contributed by atoms with E-state index >= 15 is 0 Å². The Morgan fingerprint density at radius 3 is 2.67 bits per heavy atom. The van der Waals surface area contributed by atoms with E-state index in [0.29, 0.717) is 25.0 Å². The van der Waals surface area contributed by atoms with Crippen molar-refractivity contribution in [3.63, 3.8) is 0 Å². The number of nitrogen functional groups attached to an aromatic ring is 1. The molecule has 0 radical (unpaired) electrons. The van der Waals surface area contributed by atoms with Crippen molar-refractivity contribution in [2.24, 2.45) is 7.05 Å². The molecule has 1 aliphatic heterocycles. The van der Waals surface area contributed by atoms with Crippen LogP contribution in [-0.4, -0.2) is 69.2 Å². The van der Waals surface area contributed by atoms with Gasteiger partial charge in [-0.3, -0.25) is 0 Å². The third kappa shape index (κ3) is 5.11. The van der Waals surface area contributed by atoms with E-state index in [9.17, 15) is 0 Å². The Morgan fingerprint density at radius 2 is 1.94 bits per heavy atom. The molecule has 0 saturated carbocycles. The van der Waals surface area contributed by atoms with Crippen LogP contribution in [0.25, 0.3) is 22.6 Å².